The molecule has 4 rings (SSSR count). The van der Waals surface area contributed by atoms with Crippen LogP contribution in [0.4, 0.5) is 0 Å². The van der Waals surface area contributed by atoms with E-state index in [1.54, 1.807) is 0 Å². The summed E-state index contributed by atoms with van der Waals surface area (Å²) >= 11 is 0. The van der Waals surface area contributed by atoms with Crippen LogP contribution in [-0.4, -0.2) is 9.55 Å². The average molecular weight is 347 g/mol. The summed E-state index contributed by atoms with van der Waals surface area (Å²) in [5, 5.41) is 0. The van der Waals surface area contributed by atoms with Gasteiger partial charge in [-0.15, -0.1) is 12.4 Å². The number of para-hydroxylation sites is 3. The number of hydrogen-bond donors (Lipinski definition) is 0. The number of rotatable bonds is 3. The van der Waals surface area contributed by atoms with Crippen LogP contribution in [0.1, 0.15) is 18.3 Å². The molecule has 0 radical (unpaired) electrons. The van der Waals surface area contributed by atoms with Crippen LogP contribution >= 0.6 is 12.4 Å². The molecule has 3 aromatic carbocycles. The van der Waals surface area contributed by atoms with Gasteiger partial charge in [-0.25, -0.2) is 4.98 Å². The fourth-order valence-electron chi connectivity index (χ4n) is 2.99. The van der Waals surface area contributed by atoms with Gasteiger partial charge in [0.05, 0.1) is 11.0 Å². The molecule has 124 valence electrons. The summed E-state index contributed by atoms with van der Waals surface area (Å²) in [7, 11) is 0. The number of fused-ring (bicyclic) bond motifs is 1. The topological polar surface area (TPSA) is 17.8 Å². The minimum absolute atomic E-state index is 0. The third-order valence-electron chi connectivity index (χ3n) is 4.11. The number of hydrogen-bond acceptors (Lipinski definition) is 1. The van der Waals surface area contributed by atoms with Crippen LogP contribution in [0.25, 0.3) is 28.4 Å². The molecule has 0 unspecified atom stereocenters. The minimum atomic E-state index is 0. The van der Waals surface area contributed by atoms with Crippen LogP contribution in [0.15, 0.2) is 84.9 Å². The number of benzene rings is 3. The van der Waals surface area contributed by atoms with Crippen molar-refractivity contribution in [1.29, 1.82) is 0 Å². The fraction of sp³-hybridized carbons (Fsp3) is 0.0455. The van der Waals surface area contributed by atoms with Crippen molar-refractivity contribution in [3.05, 3.63) is 96.3 Å². The highest BCUT2D eigenvalue weighted by Crippen LogP contribution is 2.26. The summed E-state index contributed by atoms with van der Waals surface area (Å²) in [5.74, 6) is 0.978. The van der Waals surface area contributed by atoms with Gasteiger partial charge in [-0.05, 0) is 48.4 Å². The summed E-state index contributed by atoms with van der Waals surface area (Å²) in [6, 6.07) is 29.0. The van der Waals surface area contributed by atoms with Crippen molar-refractivity contribution in [3.63, 3.8) is 0 Å². The van der Waals surface area contributed by atoms with Crippen molar-refractivity contribution < 1.29 is 0 Å². The van der Waals surface area contributed by atoms with E-state index in [0.717, 1.165) is 28.1 Å². The van der Waals surface area contributed by atoms with Gasteiger partial charge >= 0.3 is 0 Å². The number of halogens is 1. The Bertz CT molecular complexity index is 1000. The molecule has 0 bridgehead atoms. The largest absolute Gasteiger partial charge is 0.293 e. The fourth-order valence-corrected chi connectivity index (χ4v) is 2.99. The first-order valence-corrected chi connectivity index (χ1v) is 8.09. The standard InChI is InChI=1S/C22H18N2.ClH/c1-17(16-18-10-4-2-5-11-18)22-23-20-14-8-9-15-21(20)24(22)19-12-6-3-7-13-19;/h2-16H,1H3;1H/b17-16+;. The highest BCUT2D eigenvalue weighted by atomic mass is 35.5. The molecule has 0 spiro atoms. The molecule has 25 heavy (non-hydrogen) atoms. The lowest BCUT2D eigenvalue weighted by molar-refractivity contribution is 1.05. The number of imidazole rings is 1. The molecule has 0 N–H and O–H groups in total. The molecule has 1 heterocycles. The zero-order valence-electron chi connectivity index (χ0n) is 14.0. The van der Waals surface area contributed by atoms with E-state index in [1.807, 2.05) is 18.2 Å². The molecule has 0 fully saturated rings. The Kier molecular flexibility index (Phi) is 5.01. The highest BCUT2D eigenvalue weighted by Gasteiger charge is 2.13. The number of aromatic nitrogens is 2. The first kappa shape index (κ1) is 17.0. The molecule has 0 aliphatic heterocycles. The van der Waals surface area contributed by atoms with E-state index in [0.29, 0.717) is 0 Å². The van der Waals surface area contributed by atoms with Gasteiger partial charge in [0.25, 0.3) is 0 Å². The van der Waals surface area contributed by atoms with Crippen LogP contribution < -0.4 is 0 Å². The molecular formula is C22H19ClN2. The molecule has 0 amide bonds. The van der Waals surface area contributed by atoms with Crippen molar-refractivity contribution in [3.8, 4) is 5.69 Å². The van der Waals surface area contributed by atoms with E-state index in [-0.39, 0.29) is 12.4 Å². The molecule has 0 saturated heterocycles. The van der Waals surface area contributed by atoms with Crippen LogP contribution in [-0.2, 0) is 0 Å². The van der Waals surface area contributed by atoms with Gasteiger partial charge in [0, 0.05) is 5.69 Å². The van der Waals surface area contributed by atoms with E-state index < -0.39 is 0 Å². The first-order valence-electron chi connectivity index (χ1n) is 8.09. The zero-order chi connectivity index (χ0) is 16.4. The Morgan fingerprint density at radius 3 is 2.12 bits per heavy atom. The lowest BCUT2D eigenvalue weighted by Crippen LogP contribution is -1.99. The van der Waals surface area contributed by atoms with Crippen LogP contribution in [0.2, 0.25) is 0 Å². The Balaban J connectivity index is 0.00000182. The lowest BCUT2D eigenvalue weighted by atomic mass is 10.1. The smallest absolute Gasteiger partial charge is 0.141 e. The highest BCUT2D eigenvalue weighted by molar-refractivity contribution is 5.86. The van der Waals surface area contributed by atoms with Crippen molar-refractivity contribution in [2.75, 3.05) is 0 Å². The molecule has 0 aliphatic rings. The normalized spacial score (nSPS) is 11.3. The Labute approximate surface area is 153 Å². The van der Waals surface area contributed by atoms with E-state index in [9.17, 15) is 0 Å². The molecule has 1 aromatic heterocycles. The maximum atomic E-state index is 4.88. The molecular weight excluding hydrogens is 328 g/mol. The van der Waals surface area contributed by atoms with Crippen LogP contribution in [0.3, 0.4) is 0 Å². The second-order valence-electron chi connectivity index (χ2n) is 5.83. The Morgan fingerprint density at radius 2 is 1.40 bits per heavy atom. The molecule has 0 aliphatic carbocycles. The first-order chi connectivity index (χ1) is 11.8. The third kappa shape index (κ3) is 3.35. The Hall–Kier alpha value is -2.84. The van der Waals surface area contributed by atoms with Crippen molar-refractivity contribution >= 4 is 35.1 Å². The number of allylic oxidation sites excluding steroid dienone is 1. The summed E-state index contributed by atoms with van der Waals surface area (Å²) in [6.45, 7) is 2.12. The van der Waals surface area contributed by atoms with Gasteiger partial charge in [0.1, 0.15) is 5.82 Å². The summed E-state index contributed by atoms with van der Waals surface area (Å²) in [5.41, 5.74) is 5.58. The number of nitrogens with zero attached hydrogens (tertiary/aromatic N) is 2. The zero-order valence-corrected chi connectivity index (χ0v) is 14.8. The van der Waals surface area contributed by atoms with E-state index in [2.05, 4.69) is 84.3 Å². The predicted octanol–water partition coefficient (Wildman–Crippen LogP) is 6.01. The van der Waals surface area contributed by atoms with Crippen LogP contribution in [0.5, 0.6) is 0 Å². The third-order valence-corrected chi connectivity index (χ3v) is 4.11. The summed E-state index contributed by atoms with van der Waals surface area (Å²) < 4.78 is 2.23. The average Bonchev–Trinajstić information content (AvgIpc) is 3.03. The van der Waals surface area contributed by atoms with Crippen molar-refractivity contribution in [2.45, 2.75) is 6.92 Å². The van der Waals surface area contributed by atoms with Crippen molar-refractivity contribution in [2.24, 2.45) is 0 Å². The SMILES string of the molecule is C/C(=C\c1ccccc1)c1nc2ccccc2n1-c1ccccc1.Cl. The predicted molar refractivity (Wildman–Crippen MR) is 108 cm³/mol. The Morgan fingerprint density at radius 1 is 0.800 bits per heavy atom. The quantitative estimate of drug-likeness (QED) is 0.444. The molecule has 4 aromatic rings. The molecule has 0 atom stereocenters. The second kappa shape index (κ2) is 7.37. The molecule has 0 saturated carbocycles. The second-order valence-corrected chi connectivity index (χ2v) is 5.83. The van der Waals surface area contributed by atoms with Gasteiger partial charge in [-0.2, -0.15) is 0 Å². The van der Waals surface area contributed by atoms with Gasteiger partial charge in [0.15, 0.2) is 0 Å². The minimum Gasteiger partial charge on any atom is -0.293 e. The van der Waals surface area contributed by atoms with Crippen LogP contribution in [0, 0.1) is 0 Å². The summed E-state index contributed by atoms with van der Waals surface area (Å²) in [4.78, 5) is 4.88. The van der Waals surface area contributed by atoms with Gasteiger partial charge in [-0.3, -0.25) is 4.57 Å². The van der Waals surface area contributed by atoms with E-state index >= 15 is 0 Å². The van der Waals surface area contributed by atoms with Gasteiger partial charge < -0.3 is 0 Å². The van der Waals surface area contributed by atoms with E-state index in [4.69, 9.17) is 4.98 Å². The maximum absolute atomic E-state index is 4.88. The van der Waals surface area contributed by atoms with Gasteiger partial charge in [-0.1, -0.05) is 60.7 Å². The monoisotopic (exact) mass is 346 g/mol. The van der Waals surface area contributed by atoms with Gasteiger partial charge in [0.2, 0.25) is 0 Å². The maximum Gasteiger partial charge on any atom is 0.141 e. The van der Waals surface area contributed by atoms with Crippen molar-refractivity contribution in [1.82, 2.24) is 9.55 Å². The van der Waals surface area contributed by atoms with E-state index in [1.165, 1.54) is 5.56 Å². The molecule has 3 heteroatoms. The molecule has 2 nitrogen and oxygen atoms in total. The lowest BCUT2D eigenvalue weighted by Gasteiger charge is -2.09. The summed E-state index contributed by atoms with van der Waals surface area (Å²) in [6.07, 6.45) is 2.18.